The zero-order chi connectivity index (χ0) is 14.5. The highest BCUT2D eigenvalue weighted by molar-refractivity contribution is 9.10. The van der Waals surface area contributed by atoms with E-state index in [9.17, 15) is 4.79 Å². The van der Waals surface area contributed by atoms with E-state index < -0.39 is 0 Å². The molecule has 0 amide bonds. The highest BCUT2D eigenvalue weighted by Crippen LogP contribution is 2.33. The lowest BCUT2D eigenvalue weighted by molar-refractivity contribution is 0.602. The molecule has 2 aromatic rings. The van der Waals surface area contributed by atoms with Crippen LogP contribution in [0.2, 0.25) is 0 Å². The molecule has 1 aromatic carbocycles. The SMILES string of the molecule is CCCn1c(SC(CN)c2cccc(Br)c2)n[nH]c1=O. The van der Waals surface area contributed by atoms with Gasteiger partial charge in [-0.2, -0.15) is 0 Å². The number of H-pyrrole nitrogens is 1. The fourth-order valence-corrected chi connectivity index (χ4v) is 3.35. The van der Waals surface area contributed by atoms with Crippen molar-refractivity contribution in [1.29, 1.82) is 0 Å². The molecule has 5 nitrogen and oxygen atoms in total. The number of aromatic nitrogens is 3. The molecule has 108 valence electrons. The van der Waals surface area contributed by atoms with Gasteiger partial charge in [0.1, 0.15) is 0 Å². The lowest BCUT2D eigenvalue weighted by Gasteiger charge is -2.14. The lowest BCUT2D eigenvalue weighted by atomic mass is 10.1. The fourth-order valence-electron chi connectivity index (χ4n) is 1.90. The average Bonchev–Trinajstić information content (AvgIpc) is 2.78. The third-order valence-electron chi connectivity index (χ3n) is 2.85. The van der Waals surface area contributed by atoms with Crippen molar-refractivity contribution in [3.63, 3.8) is 0 Å². The molecule has 0 radical (unpaired) electrons. The van der Waals surface area contributed by atoms with Crippen molar-refractivity contribution in [2.24, 2.45) is 5.73 Å². The van der Waals surface area contributed by atoms with Gasteiger partial charge in [0.05, 0.1) is 0 Å². The molecule has 1 atom stereocenters. The zero-order valence-corrected chi connectivity index (χ0v) is 13.6. The third-order valence-corrected chi connectivity index (χ3v) is 4.62. The Bertz CT molecular complexity index is 625. The first-order valence-electron chi connectivity index (χ1n) is 6.43. The maximum Gasteiger partial charge on any atom is 0.343 e. The molecule has 2 rings (SSSR count). The molecule has 0 spiro atoms. The van der Waals surface area contributed by atoms with Crippen molar-refractivity contribution in [2.45, 2.75) is 30.3 Å². The van der Waals surface area contributed by atoms with Crippen LogP contribution in [0.1, 0.15) is 24.2 Å². The Morgan fingerprint density at radius 2 is 2.35 bits per heavy atom. The van der Waals surface area contributed by atoms with Crippen LogP contribution in [0.5, 0.6) is 0 Å². The van der Waals surface area contributed by atoms with Crippen molar-refractivity contribution in [2.75, 3.05) is 6.54 Å². The van der Waals surface area contributed by atoms with E-state index >= 15 is 0 Å². The van der Waals surface area contributed by atoms with Gasteiger partial charge in [-0.05, 0) is 24.1 Å². The summed E-state index contributed by atoms with van der Waals surface area (Å²) >= 11 is 4.97. The third kappa shape index (κ3) is 3.53. The summed E-state index contributed by atoms with van der Waals surface area (Å²) in [6, 6.07) is 8.03. The Kier molecular flexibility index (Phi) is 5.45. The second-order valence-electron chi connectivity index (χ2n) is 4.36. The minimum absolute atomic E-state index is 0.0679. The number of hydrogen-bond acceptors (Lipinski definition) is 4. The lowest BCUT2D eigenvalue weighted by Crippen LogP contribution is -2.18. The highest BCUT2D eigenvalue weighted by atomic mass is 79.9. The number of rotatable bonds is 6. The van der Waals surface area contributed by atoms with Gasteiger partial charge in [0, 0.05) is 22.8 Å². The molecule has 7 heteroatoms. The molecule has 3 N–H and O–H groups in total. The summed E-state index contributed by atoms with van der Waals surface area (Å²) in [7, 11) is 0. The Labute approximate surface area is 130 Å². The molecule has 0 bridgehead atoms. The maximum absolute atomic E-state index is 11.7. The minimum Gasteiger partial charge on any atom is -0.329 e. The molecule has 1 heterocycles. The molecule has 0 aliphatic rings. The van der Waals surface area contributed by atoms with Crippen molar-refractivity contribution in [3.8, 4) is 0 Å². The van der Waals surface area contributed by atoms with E-state index in [1.165, 1.54) is 11.8 Å². The van der Waals surface area contributed by atoms with Gasteiger partial charge in [-0.15, -0.1) is 5.10 Å². The first-order chi connectivity index (χ1) is 9.65. The van der Waals surface area contributed by atoms with Gasteiger partial charge in [0.15, 0.2) is 5.16 Å². The second kappa shape index (κ2) is 7.10. The molecule has 1 aromatic heterocycles. The quantitative estimate of drug-likeness (QED) is 0.779. The van der Waals surface area contributed by atoms with Crippen LogP contribution in [-0.4, -0.2) is 21.3 Å². The number of thioether (sulfide) groups is 1. The van der Waals surface area contributed by atoms with Crippen LogP contribution in [0, 0.1) is 0 Å². The second-order valence-corrected chi connectivity index (χ2v) is 6.45. The Balaban J connectivity index is 2.24. The topological polar surface area (TPSA) is 76.7 Å². The molecule has 0 saturated carbocycles. The van der Waals surface area contributed by atoms with Crippen LogP contribution in [0.3, 0.4) is 0 Å². The van der Waals surface area contributed by atoms with Gasteiger partial charge < -0.3 is 5.73 Å². The van der Waals surface area contributed by atoms with Crippen LogP contribution >= 0.6 is 27.7 Å². The van der Waals surface area contributed by atoms with Gasteiger partial charge in [0.2, 0.25) is 0 Å². The predicted molar refractivity (Wildman–Crippen MR) is 84.9 cm³/mol. The fraction of sp³-hybridized carbons (Fsp3) is 0.385. The summed E-state index contributed by atoms with van der Waals surface area (Å²) in [5, 5.41) is 7.35. The monoisotopic (exact) mass is 356 g/mol. The summed E-state index contributed by atoms with van der Waals surface area (Å²) < 4.78 is 2.67. The van der Waals surface area contributed by atoms with Crippen LogP contribution < -0.4 is 11.4 Å². The smallest absolute Gasteiger partial charge is 0.329 e. The first kappa shape index (κ1) is 15.3. The van der Waals surface area contributed by atoms with E-state index in [2.05, 4.69) is 26.1 Å². The normalized spacial score (nSPS) is 12.6. The standard InChI is InChI=1S/C13H17BrN4OS/c1-2-6-18-12(19)16-17-13(18)20-11(8-15)9-4-3-5-10(14)7-9/h3-5,7,11H,2,6,8,15H2,1H3,(H,16,19). The molecular formula is C13H17BrN4OS. The number of aromatic amines is 1. The van der Waals surface area contributed by atoms with E-state index in [0.29, 0.717) is 18.2 Å². The summed E-state index contributed by atoms with van der Waals surface area (Å²) in [5.74, 6) is 0. The molecule has 0 aliphatic carbocycles. The zero-order valence-electron chi connectivity index (χ0n) is 11.2. The number of hydrogen-bond donors (Lipinski definition) is 2. The minimum atomic E-state index is -0.167. The van der Waals surface area contributed by atoms with Crippen molar-refractivity contribution < 1.29 is 0 Å². The Hall–Kier alpha value is -1.05. The van der Waals surface area contributed by atoms with Crippen LogP contribution in [-0.2, 0) is 6.54 Å². The molecule has 20 heavy (non-hydrogen) atoms. The van der Waals surface area contributed by atoms with Gasteiger partial charge in [0.25, 0.3) is 0 Å². The predicted octanol–water partition coefficient (Wildman–Crippen LogP) is 2.54. The van der Waals surface area contributed by atoms with E-state index in [1.807, 2.05) is 31.2 Å². The van der Waals surface area contributed by atoms with Crippen LogP contribution in [0.4, 0.5) is 0 Å². The van der Waals surface area contributed by atoms with E-state index in [1.54, 1.807) is 4.57 Å². The molecular weight excluding hydrogens is 340 g/mol. The number of nitrogens with one attached hydrogen (secondary N) is 1. The molecule has 0 saturated heterocycles. The summed E-state index contributed by atoms with van der Waals surface area (Å²) in [5.41, 5.74) is 6.82. The largest absolute Gasteiger partial charge is 0.343 e. The Morgan fingerprint density at radius 3 is 3.00 bits per heavy atom. The molecule has 0 aliphatic heterocycles. The van der Waals surface area contributed by atoms with Gasteiger partial charge in [-0.25, -0.2) is 9.89 Å². The van der Waals surface area contributed by atoms with Gasteiger partial charge in [-0.1, -0.05) is 46.7 Å². The van der Waals surface area contributed by atoms with Crippen LogP contribution in [0.25, 0.3) is 0 Å². The highest BCUT2D eigenvalue weighted by Gasteiger charge is 2.17. The van der Waals surface area contributed by atoms with Crippen molar-refractivity contribution >= 4 is 27.7 Å². The van der Waals surface area contributed by atoms with E-state index in [4.69, 9.17) is 5.73 Å². The number of nitrogens with two attached hydrogens (primary N) is 1. The van der Waals surface area contributed by atoms with Crippen LogP contribution in [0.15, 0.2) is 38.7 Å². The van der Waals surface area contributed by atoms with Gasteiger partial charge in [-0.3, -0.25) is 4.57 Å². The summed E-state index contributed by atoms with van der Waals surface area (Å²) in [6.07, 6.45) is 0.886. The number of halogens is 1. The van der Waals surface area contributed by atoms with Gasteiger partial charge >= 0.3 is 5.69 Å². The van der Waals surface area contributed by atoms with E-state index in [0.717, 1.165) is 16.5 Å². The number of benzene rings is 1. The number of nitrogens with zero attached hydrogens (tertiary/aromatic N) is 2. The summed E-state index contributed by atoms with van der Waals surface area (Å²) in [6.45, 7) is 3.17. The summed E-state index contributed by atoms with van der Waals surface area (Å²) in [4.78, 5) is 11.7. The first-order valence-corrected chi connectivity index (χ1v) is 8.10. The molecule has 0 fully saturated rings. The van der Waals surface area contributed by atoms with E-state index in [-0.39, 0.29) is 10.9 Å². The van der Waals surface area contributed by atoms with Crippen molar-refractivity contribution in [1.82, 2.24) is 14.8 Å². The van der Waals surface area contributed by atoms with Crippen molar-refractivity contribution in [3.05, 3.63) is 44.8 Å². The average molecular weight is 357 g/mol. The molecule has 1 unspecified atom stereocenters. The Morgan fingerprint density at radius 1 is 1.55 bits per heavy atom. The maximum atomic E-state index is 11.7.